The highest BCUT2D eigenvalue weighted by molar-refractivity contribution is 9.10. The van der Waals surface area contributed by atoms with Gasteiger partial charge in [-0.2, -0.15) is 0 Å². The number of nitrogens with two attached hydrogens (primary N) is 1. The first-order valence-corrected chi connectivity index (χ1v) is 6.70. The minimum absolute atomic E-state index is 0.324. The first kappa shape index (κ1) is 13.8. The Labute approximate surface area is 123 Å². The zero-order valence-corrected chi connectivity index (χ0v) is 12.2. The summed E-state index contributed by atoms with van der Waals surface area (Å²) in [4.78, 5) is 0. The number of rotatable bonds is 2. The quantitative estimate of drug-likeness (QED) is 0.816. The summed E-state index contributed by atoms with van der Waals surface area (Å²) in [6.45, 7) is 0. The van der Waals surface area contributed by atoms with Crippen LogP contribution in [0.1, 0.15) is 17.2 Å². The van der Waals surface area contributed by atoms with Crippen LogP contribution in [0, 0.1) is 5.82 Å². The molecular formula is C13H9BrCl2FN. The van der Waals surface area contributed by atoms with E-state index in [-0.39, 0.29) is 5.82 Å². The van der Waals surface area contributed by atoms with Gasteiger partial charge in [-0.25, -0.2) is 4.39 Å². The third-order valence-electron chi connectivity index (χ3n) is 2.61. The molecule has 2 rings (SSSR count). The average molecular weight is 349 g/mol. The van der Waals surface area contributed by atoms with Gasteiger partial charge in [0.25, 0.3) is 0 Å². The van der Waals surface area contributed by atoms with Crippen molar-refractivity contribution in [3.63, 3.8) is 0 Å². The second-order valence-electron chi connectivity index (χ2n) is 3.79. The van der Waals surface area contributed by atoms with Crippen molar-refractivity contribution in [1.29, 1.82) is 0 Å². The molecule has 1 unspecified atom stereocenters. The third-order valence-corrected chi connectivity index (χ3v) is 4.13. The summed E-state index contributed by atoms with van der Waals surface area (Å²) in [7, 11) is 0. The van der Waals surface area contributed by atoms with Gasteiger partial charge in [0.15, 0.2) is 0 Å². The molecule has 0 saturated heterocycles. The first-order valence-electron chi connectivity index (χ1n) is 5.15. The predicted octanol–water partition coefficient (Wildman–Crippen LogP) is 4.94. The molecule has 2 aromatic rings. The lowest BCUT2D eigenvalue weighted by Gasteiger charge is -2.16. The molecule has 18 heavy (non-hydrogen) atoms. The molecule has 0 aliphatic carbocycles. The van der Waals surface area contributed by atoms with Crippen molar-refractivity contribution in [3.8, 4) is 0 Å². The minimum atomic E-state index is -0.467. The maximum Gasteiger partial charge on any atom is 0.124 e. The van der Waals surface area contributed by atoms with Gasteiger partial charge in [0.1, 0.15) is 5.82 Å². The Balaban J connectivity index is 2.48. The van der Waals surface area contributed by atoms with Crippen LogP contribution in [-0.4, -0.2) is 0 Å². The third kappa shape index (κ3) is 2.69. The van der Waals surface area contributed by atoms with Gasteiger partial charge in [0.05, 0.1) is 16.1 Å². The van der Waals surface area contributed by atoms with Gasteiger partial charge in [-0.05, 0) is 29.3 Å². The van der Waals surface area contributed by atoms with Gasteiger partial charge in [0, 0.05) is 4.47 Å². The van der Waals surface area contributed by atoms with Crippen LogP contribution < -0.4 is 5.73 Å². The van der Waals surface area contributed by atoms with Crippen LogP contribution in [0.2, 0.25) is 10.0 Å². The molecule has 0 bridgehead atoms. The fourth-order valence-corrected chi connectivity index (χ4v) is 2.70. The van der Waals surface area contributed by atoms with Gasteiger partial charge in [-0.15, -0.1) is 0 Å². The Kier molecular flexibility index (Phi) is 4.28. The van der Waals surface area contributed by atoms with E-state index in [0.29, 0.717) is 20.1 Å². The minimum Gasteiger partial charge on any atom is -0.320 e. The molecule has 2 N–H and O–H groups in total. The Morgan fingerprint density at radius 2 is 1.83 bits per heavy atom. The van der Waals surface area contributed by atoms with E-state index in [4.69, 9.17) is 28.9 Å². The molecule has 1 nitrogen and oxygen atoms in total. The molecule has 0 saturated carbocycles. The van der Waals surface area contributed by atoms with Crippen LogP contribution in [0.25, 0.3) is 0 Å². The lowest BCUT2D eigenvalue weighted by molar-refractivity contribution is 0.625. The smallest absolute Gasteiger partial charge is 0.124 e. The normalized spacial score (nSPS) is 12.5. The fourth-order valence-electron chi connectivity index (χ4n) is 1.68. The van der Waals surface area contributed by atoms with Crippen LogP contribution >= 0.6 is 39.1 Å². The summed E-state index contributed by atoms with van der Waals surface area (Å²) < 4.78 is 13.6. The van der Waals surface area contributed by atoms with Crippen molar-refractivity contribution in [2.75, 3.05) is 0 Å². The first-order chi connectivity index (χ1) is 8.50. The van der Waals surface area contributed by atoms with Crippen molar-refractivity contribution in [2.45, 2.75) is 6.04 Å². The summed E-state index contributed by atoms with van der Waals surface area (Å²) in [5, 5.41) is 0.866. The number of hydrogen-bond donors (Lipinski definition) is 1. The van der Waals surface area contributed by atoms with Gasteiger partial charge in [-0.3, -0.25) is 0 Å². The van der Waals surface area contributed by atoms with Crippen molar-refractivity contribution in [2.24, 2.45) is 5.73 Å². The van der Waals surface area contributed by atoms with E-state index >= 15 is 0 Å². The lowest BCUT2D eigenvalue weighted by atomic mass is 9.99. The van der Waals surface area contributed by atoms with E-state index in [2.05, 4.69) is 15.9 Å². The van der Waals surface area contributed by atoms with Crippen LogP contribution in [-0.2, 0) is 0 Å². The molecule has 0 heterocycles. The van der Waals surface area contributed by atoms with Crippen molar-refractivity contribution >= 4 is 39.1 Å². The highest BCUT2D eigenvalue weighted by Crippen LogP contribution is 2.34. The molecular weight excluding hydrogens is 340 g/mol. The molecule has 1 atom stereocenters. The topological polar surface area (TPSA) is 26.0 Å². The molecule has 2 aromatic carbocycles. The molecule has 0 fully saturated rings. The number of benzene rings is 2. The molecule has 0 aliphatic heterocycles. The van der Waals surface area contributed by atoms with Crippen molar-refractivity contribution in [3.05, 3.63) is 67.9 Å². The zero-order chi connectivity index (χ0) is 13.3. The summed E-state index contributed by atoms with van der Waals surface area (Å²) in [6, 6.07) is 9.16. The van der Waals surface area contributed by atoms with E-state index in [1.807, 2.05) is 0 Å². The molecule has 0 radical (unpaired) electrons. The summed E-state index contributed by atoms with van der Waals surface area (Å²) in [6.07, 6.45) is 0. The Morgan fingerprint density at radius 3 is 2.50 bits per heavy atom. The molecule has 0 amide bonds. The number of halogens is 4. The summed E-state index contributed by atoms with van der Waals surface area (Å²) in [5.41, 5.74) is 7.60. The second-order valence-corrected chi connectivity index (χ2v) is 5.43. The van der Waals surface area contributed by atoms with E-state index in [1.165, 1.54) is 12.1 Å². The highest BCUT2D eigenvalue weighted by Gasteiger charge is 2.16. The van der Waals surface area contributed by atoms with Gasteiger partial charge < -0.3 is 5.73 Å². The van der Waals surface area contributed by atoms with Crippen molar-refractivity contribution < 1.29 is 4.39 Å². The Hall–Kier alpha value is -0.610. The molecule has 0 aromatic heterocycles. The Bertz CT molecular complexity index is 589. The van der Waals surface area contributed by atoms with Gasteiger partial charge in [-0.1, -0.05) is 57.3 Å². The van der Waals surface area contributed by atoms with Crippen LogP contribution in [0.15, 0.2) is 40.9 Å². The maximum absolute atomic E-state index is 13.0. The average Bonchev–Trinajstić information content (AvgIpc) is 2.32. The maximum atomic E-state index is 13.0. The van der Waals surface area contributed by atoms with Crippen molar-refractivity contribution in [1.82, 2.24) is 0 Å². The SMILES string of the molecule is NC(c1ccc(F)cc1Br)c1cccc(Cl)c1Cl. The molecule has 0 aliphatic rings. The lowest BCUT2D eigenvalue weighted by Crippen LogP contribution is -2.13. The molecule has 5 heteroatoms. The zero-order valence-electron chi connectivity index (χ0n) is 9.13. The monoisotopic (exact) mass is 347 g/mol. The number of hydrogen-bond acceptors (Lipinski definition) is 1. The van der Waals surface area contributed by atoms with Gasteiger partial charge in [0.2, 0.25) is 0 Å². The summed E-state index contributed by atoms with van der Waals surface area (Å²) in [5.74, 6) is -0.324. The second kappa shape index (κ2) is 5.57. The van der Waals surface area contributed by atoms with E-state index in [0.717, 1.165) is 5.56 Å². The van der Waals surface area contributed by atoms with E-state index in [9.17, 15) is 4.39 Å². The molecule has 0 spiro atoms. The fraction of sp³-hybridized carbons (Fsp3) is 0.0769. The van der Waals surface area contributed by atoms with Crippen LogP contribution in [0.4, 0.5) is 4.39 Å². The largest absolute Gasteiger partial charge is 0.320 e. The molecule has 94 valence electrons. The van der Waals surface area contributed by atoms with E-state index < -0.39 is 6.04 Å². The highest BCUT2D eigenvalue weighted by atomic mass is 79.9. The summed E-state index contributed by atoms with van der Waals surface area (Å²) >= 11 is 15.4. The standard InChI is InChI=1S/C13H9BrCl2FN/c14-10-6-7(17)4-5-8(10)13(18)9-2-1-3-11(15)12(9)16/h1-6,13H,18H2. The van der Waals surface area contributed by atoms with Gasteiger partial charge >= 0.3 is 0 Å². The van der Waals surface area contributed by atoms with E-state index in [1.54, 1.807) is 24.3 Å². The Morgan fingerprint density at radius 1 is 1.11 bits per heavy atom. The van der Waals surface area contributed by atoms with Crippen LogP contribution in [0.3, 0.4) is 0 Å². The van der Waals surface area contributed by atoms with Crippen LogP contribution in [0.5, 0.6) is 0 Å². The predicted molar refractivity (Wildman–Crippen MR) is 76.6 cm³/mol.